The number of hydrogen-bond donors (Lipinski definition) is 1. The standard InChI is InChI=1S/C24H37N3O4/c1-23(2,3)31-22(29)26-20(21(28)30-4)10-19-14-25-15-27(19)6-5-24-11-16-7-17(12-24)9-18(8-16)13-24/h14-18,20H,5-13H2,1-4H3,(H,26,29)/t16?,17?,18?,20-,24?/m0/s1. The van der Waals surface area contributed by atoms with Gasteiger partial charge in [-0.1, -0.05) is 0 Å². The quantitative estimate of drug-likeness (QED) is 0.657. The molecule has 4 aliphatic carbocycles. The van der Waals surface area contributed by atoms with Crippen LogP contribution >= 0.6 is 0 Å². The highest BCUT2D eigenvalue weighted by Gasteiger charge is 2.50. The third-order valence-corrected chi connectivity index (χ3v) is 7.44. The molecule has 0 saturated heterocycles. The summed E-state index contributed by atoms with van der Waals surface area (Å²) in [4.78, 5) is 28.9. The fourth-order valence-corrected chi connectivity index (χ4v) is 6.67. The second kappa shape index (κ2) is 8.47. The summed E-state index contributed by atoms with van der Waals surface area (Å²) in [6, 6.07) is -0.810. The van der Waals surface area contributed by atoms with Crippen LogP contribution in [0, 0.1) is 23.2 Å². The van der Waals surface area contributed by atoms with E-state index in [9.17, 15) is 9.59 Å². The van der Waals surface area contributed by atoms with Crippen molar-refractivity contribution in [3.05, 3.63) is 18.2 Å². The maximum Gasteiger partial charge on any atom is 0.408 e. The predicted octanol–water partition coefficient (Wildman–Crippen LogP) is 4.10. The van der Waals surface area contributed by atoms with E-state index < -0.39 is 23.7 Å². The zero-order valence-corrected chi connectivity index (χ0v) is 19.4. The second-order valence-electron chi connectivity index (χ2n) is 11.2. The van der Waals surface area contributed by atoms with Crippen LogP contribution in [-0.2, 0) is 27.2 Å². The van der Waals surface area contributed by atoms with Crippen molar-refractivity contribution < 1.29 is 19.1 Å². The van der Waals surface area contributed by atoms with Gasteiger partial charge < -0.3 is 19.4 Å². The lowest BCUT2D eigenvalue weighted by molar-refractivity contribution is -0.143. The van der Waals surface area contributed by atoms with Gasteiger partial charge in [0.15, 0.2) is 0 Å². The predicted molar refractivity (Wildman–Crippen MR) is 116 cm³/mol. The van der Waals surface area contributed by atoms with Gasteiger partial charge in [0.1, 0.15) is 11.6 Å². The van der Waals surface area contributed by atoms with Crippen LogP contribution in [0.3, 0.4) is 0 Å². The number of rotatable bonds is 7. The van der Waals surface area contributed by atoms with E-state index in [1.54, 1.807) is 27.0 Å². The smallest absolute Gasteiger partial charge is 0.408 e. The number of nitrogens with one attached hydrogen (secondary N) is 1. The minimum atomic E-state index is -0.810. The van der Waals surface area contributed by atoms with Gasteiger partial charge in [-0.25, -0.2) is 14.6 Å². The van der Waals surface area contributed by atoms with Gasteiger partial charge in [0, 0.05) is 24.9 Å². The van der Waals surface area contributed by atoms with E-state index in [1.807, 2.05) is 6.33 Å². The summed E-state index contributed by atoms with van der Waals surface area (Å²) in [6.45, 7) is 6.28. The fraction of sp³-hybridized carbons (Fsp3) is 0.792. The molecular weight excluding hydrogens is 394 g/mol. The van der Waals surface area contributed by atoms with E-state index in [4.69, 9.17) is 9.47 Å². The van der Waals surface area contributed by atoms with Crippen molar-refractivity contribution in [1.29, 1.82) is 0 Å². The maximum atomic E-state index is 12.3. The lowest BCUT2D eigenvalue weighted by Crippen LogP contribution is -2.46. The average molecular weight is 432 g/mol. The van der Waals surface area contributed by atoms with E-state index >= 15 is 0 Å². The van der Waals surface area contributed by atoms with Crippen molar-refractivity contribution in [3.8, 4) is 0 Å². The molecule has 0 radical (unpaired) electrons. The molecule has 5 rings (SSSR count). The van der Waals surface area contributed by atoms with Crippen molar-refractivity contribution in [2.75, 3.05) is 7.11 Å². The largest absolute Gasteiger partial charge is 0.467 e. The van der Waals surface area contributed by atoms with E-state index in [2.05, 4.69) is 14.9 Å². The first kappa shape index (κ1) is 22.2. The summed E-state index contributed by atoms with van der Waals surface area (Å²) in [7, 11) is 1.33. The second-order valence-corrected chi connectivity index (χ2v) is 11.2. The Bertz CT molecular complexity index is 775. The minimum Gasteiger partial charge on any atom is -0.467 e. The topological polar surface area (TPSA) is 82.5 Å². The number of esters is 1. The summed E-state index contributed by atoms with van der Waals surface area (Å²) < 4.78 is 12.4. The summed E-state index contributed by atoms with van der Waals surface area (Å²) in [6.07, 6.45) is 13.0. The normalized spacial score (nSPS) is 30.1. The zero-order valence-electron chi connectivity index (χ0n) is 19.4. The Balaban J connectivity index is 1.39. The first-order valence-electron chi connectivity index (χ1n) is 11.7. The molecule has 4 aliphatic rings. The molecule has 4 fully saturated rings. The molecule has 172 valence electrons. The lowest BCUT2D eigenvalue weighted by atomic mass is 9.49. The van der Waals surface area contributed by atoms with Crippen LogP contribution in [0.15, 0.2) is 12.5 Å². The van der Waals surface area contributed by atoms with E-state index in [-0.39, 0.29) is 0 Å². The summed E-state index contributed by atoms with van der Waals surface area (Å²) >= 11 is 0. The third kappa shape index (κ3) is 5.24. The van der Waals surface area contributed by atoms with Crippen LogP contribution in [0.1, 0.15) is 71.4 Å². The fourth-order valence-electron chi connectivity index (χ4n) is 6.67. The van der Waals surface area contributed by atoms with Gasteiger partial charge in [0.05, 0.1) is 13.4 Å². The Kier molecular flexibility index (Phi) is 6.05. The molecule has 1 atom stereocenters. The molecule has 1 heterocycles. The summed E-state index contributed by atoms with van der Waals surface area (Å²) in [5, 5.41) is 2.66. The molecule has 0 spiro atoms. The first-order valence-corrected chi connectivity index (χ1v) is 11.7. The maximum absolute atomic E-state index is 12.3. The van der Waals surface area contributed by atoms with Gasteiger partial charge in [-0.2, -0.15) is 0 Å². The molecule has 0 aromatic carbocycles. The van der Waals surface area contributed by atoms with Crippen molar-refractivity contribution in [2.24, 2.45) is 23.2 Å². The van der Waals surface area contributed by atoms with Crippen LogP contribution in [0.5, 0.6) is 0 Å². The van der Waals surface area contributed by atoms with Crippen molar-refractivity contribution in [3.63, 3.8) is 0 Å². The molecule has 1 aromatic heterocycles. The van der Waals surface area contributed by atoms with Gasteiger partial charge in [-0.05, 0) is 88.9 Å². The number of nitrogens with zero attached hydrogens (tertiary/aromatic N) is 2. The number of hydrogen-bond acceptors (Lipinski definition) is 5. The van der Waals surface area contributed by atoms with Gasteiger partial charge in [-0.15, -0.1) is 0 Å². The lowest BCUT2D eigenvalue weighted by Gasteiger charge is -2.57. The Hall–Kier alpha value is -2.05. The van der Waals surface area contributed by atoms with Crippen LogP contribution in [0.25, 0.3) is 0 Å². The van der Waals surface area contributed by atoms with Crippen LogP contribution in [0.4, 0.5) is 4.79 Å². The Morgan fingerprint density at radius 3 is 2.35 bits per heavy atom. The number of methoxy groups -OCH3 is 1. The van der Waals surface area contributed by atoms with Crippen LogP contribution in [-0.4, -0.2) is 40.4 Å². The van der Waals surface area contributed by atoms with Gasteiger partial charge in [0.25, 0.3) is 0 Å². The summed E-state index contributed by atoms with van der Waals surface area (Å²) in [5.41, 5.74) is 0.785. The van der Waals surface area contributed by atoms with E-state index in [1.165, 1.54) is 52.1 Å². The van der Waals surface area contributed by atoms with Gasteiger partial charge >= 0.3 is 12.1 Å². The SMILES string of the molecule is COC(=O)[C@H](Cc1cncn1CCC12CC3CC(CC(C3)C1)C2)NC(=O)OC(C)(C)C. The number of aryl methyl sites for hydroxylation is 1. The Morgan fingerprint density at radius 2 is 1.81 bits per heavy atom. The molecule has 1 amide bonds. The third-order valence-electron chi connectivity index (χ3n) is 7.44. The monoisotopic (exact) mass is 431 g/mol. The Morgan fingerprint density at radius 1 is 1.19 bits per heavy atom. The van der Waals surface area contributed by atoms with Crippen LogP contribution in [0.2, 0.25) is 0 Å². The van der Waals surface area contributed by atoms with E-state index in [0.29, 0.717) is 11.8 Å². The molecular formula is C24H37N3O4. The number of carbonyl (C=O) groups is 2. The molecule has 0 unspecified atom stereocenters. The average Bonchev–Trinajstić information content (AvgIpc) is 3.10. The zero-order chi connectivity index (χ0) is 22.2. The number of ether oxygens (including phenoxy) is 2. The van der Waals surface area contributed by atoms with Gasteiger partial charge in [-0.3, -0.25) is 0 Å². The highest BCUT2D eigenvalue weighted by molar-refractivity contribution is 5.81. The summed E-state index contributed by atoms with van der Waals surface area (Å²) in [5.74, 6) is 2.33. The molecule has 4 saturated carbocycles. The minimum absolute atomic E-state index is 0.326. The molecule has 7 nitrogen and oxygen atoms in total. The van der Waals surface area contributed by atoms with Gasteiger partial charge in [0.2, 0.25) is 0 Å². The van der Waals surface area contributed by atoms with E-state index in [0.717, 1.165) is 30.0 Å². The molecule has 7 heteroatoms. The van der Waals surface area contributed by atoms with Crippen molar-refractivity contribution >= 4 is 12.1 Å². The number of carbonyl (C=O) groups excluding carboxylic acids is 2. The highest BCUT2D eigenvalue weighted by atomic mass is 16.6. The number of imidazole rings is 1. The van der Waals surface area contributed by atoms with Crippen molar-refractivity contribution in [1.82, 2.24) is 14.9 Å². The Labute approximate surface area is 185 Å². The number of amides is 1. The number of aromatic nitrogens is 2. The molecule has 0 aliphatic heterocycles. The first-order chi connectivity index (χ1) is 14.6. The van der Waals surface area contributed by atoms with Crippen molar-refractivity contribution in [2.45, 2.75) is 90.3 Å². The highest BCUT2D eigenvalue weighted by Crippen LogP contribution is 2.61. The molecule has 1 N–H and O–H groups in total. The number of alkyl carbamates (subject to hydrolysis) is 1. The molecule has 4 bridgehead atoms. The van der Waals surface area contributed by atoms with Crippen LogP contribution < -0.4 is 5.32 Å². The molecule has 1 aromatic rings. The molecule has 31 heavy (non-hydrogen) atoms.